The van der Waals surface area contributed by atoms with Crippen LogP contribution >= 0.6 is 15.9 Å². The molecule has 0 spiro atoms. The molecule has 0 aliphatic heterocycles. The van der Waals surface area contributed by atoms with E-state index in [1.807, 2.05) is 6.07 Å². The Labute approximate surface area is 94.9 Å². The van der Waals surface area contributed by atoms with E-state index in [0.29, 0.717) is 12.4 Å². The van der Waals surface area contributed by atoms with Gasteiger partial charge in [0.05, 0.1) is 6.33 Å². The van der Waals surface area contributed by atoms with Gasteiger partial charge in [0.25, 0.3) is 0 Å². The van der Waals surface area contributed by atoms with Crippen molar-refractivity contribution >= 4 is 21.7 Å². The molecule has 5 heteroatoms. The number of hydrogen-bond acceptors (Lipinski definition) is 2. The standard InChI is InChI=1S/C10H9BrFN3/c11-8-1-7(2-9(12)3-8)4-15-5-10(13)14-6-15/h1-3,5-6H,4,13H2. The minimum atomic E-state index is -0.257. The molecule has 0 fully saturated rings. The number of nitrogens with two attached hydrogens (primary N) is 1. The number of nitrogens with zero attached hydrogens (tertiary/aromatic N) is 2. The van der Waals surface area contributed by atoms with Crippen molar-refractivity contribution in [2.75, 3.05) is 5.73 Å². The number of benzene rings is 1. The second kappa shape index (κ2) is 4.02. The molecular weight excluding hydrogens is 261 g/mol. The molecule has 0 atom stereocenters. The van der Waals surface area contributed by atoms with Gasteiger partial charge in [-0.2, -0.15) is 0 Å². The first-order valence-electron chi connectivity index (χ1n) is 4.36. The number of aromatic nitrogens is 2. The number of imidazole rings is 1. The van der Waals surface area contributed by atoms with Crippen molar-refractivity contribution < 1.29 is 4.39 Å². The quantitative estimate of drug-likeness (QED) is 0.910. The molecule has 3 nitrogen and oxygen atoms in total. The Morgan fingerprint density at radius 2 is 2.20 bits per heavy atom. The van der Waals surface area contributed by atoms with Crippen LogP contribution in [0.5, 0.6) is 0 Å². The van der Waals surface area contributed by atoms with Crippen molar-refractivity contribution in [2.45, 2.75) is 6.54 Å². The van der Waals surface area contributed by atoms with Crippen LogP contribution in [0, 0.1) is 5.82 Å². The largest absolute Gasteiger partial charge is 0.382 e. The zero-order valence-corrected chi connectivity index (χ0v) is 9.41. The third kappa shape index (κ3) is 2.56. The lowest BCUT2D eigenvalue weighted by Crippen LogP contribution is -1.97. The van der Waals surface area contributed by atoms with Crippen LogP contribution in [0.15, 0.2) is 35.2 Å². The maximum atomic E-state index is 13.1. The number of nitrogen functional groups attached to an aromatic ring is 1. The maximum absolute atomic E-state index is 13.1. The zero-order chi connectivity index (χ0) is 10.8. The first-order chi connectivity index (χ1) is 7.13. The van der Waals surface area contributed by atoms with E-state index < -0.39 is 0 Å². The first-order valence-corrected chi connectivity index (χ1v) is 5.15. The predicted octanol–water partition coefficient (Wildman–Crippen LogP) is 2.42. The highest BCUT2D eigenvalue weighted by Crippen LogP contribution is 2.16. The smallest absolute Gasteiger partial charge is 0.141 e. The van der Waals surface area contributed by atoms with E-state index in [0.717, 1.165) is 10.0 Å². The van der Waals surface area contributed by atoms with Gasteiger partial charge in [-0.25, -0.2) is 9.37 Å². The second-order valence-corrected chi connectivity index (χ2v) is 4.16. The van der Waals surface area contributed by atoms with E-state index in [4.69, 9.17) is 5.73 Å². The van der Waals surface area contributed by atoms with Crippen LogP contribution in [0.25, 0.3) is 0 Å². The van der Waals surface area contributed by atoms with E-state index in [1.54, 1.807) is 17.1 Å². The molecule has 0 saturated carbocycles. The molecule has 0 saturated heterocycles. The van der Waals surface area contributed by atoms with Gasteiger partial charge < -0.3 is 10.3 Å². The van der Waals surface area contributed by atoms with Gasteiger partial charge in [0.1, 0.15) is 11.6 Å². The highest BCUT2D eigenvalue weighted by Gasteiger charge is 2.00. The van der Waals surface area contributed by atoms with Crippen molar-refractivity contribution in [3.8, 4) is 0 Å². The summed E-state index contributed by atoms with van der Waals surface area (Å²) in [5, 5.41) is 0. The number of hydrogen-bond donors (Lipinski definition) is 1. The summed E-state index contributed by atoms with van der Waals surface area (Å²) >= 11 is 3.24. The number of rotatable bonds is 2. The van der Waals surface area contributed by atoms with Crippen molar-refractivity contribution in [1.82, 2.24) is 9.55 Å². The molecule has 15 heavy (non-hydrogen) atoms. The van der Waals surface area contributed by atoms with Crippen LogP contribution in [0.3, 0.4) is 0 Å². The Balaban J connectivity index is 2.24. The van der Waals surface area contributed by atoms with Crippen LogP contribution in [0.2, 0.25) is 0 Å². The number of anilines is 1. The highest BCUT2D eigenvalue weighted by molar-refractivity contribution is 9.10. The van der Waals surface area contributed by atoms with Crippen molar-refractivity contribution in [3.05, 3.63) is 46.6 Å². The average molecular weight is 270 g/mol. The van der Waals surface area contributed by atoms with Crippen LogP contribution in [-0.4, -0.2) is 9.55 Å². The molecule has 1 heterocycles. The fourth-order valence-electron chi connectivity index (χ4n) is 1.38. The van der Waals surface area contributed by atoms with Crippen molar-refractivity contribution in [2.24, 2.45) is 0 Å². The van der Waals surface area contributed by atoms with Crippen molar-refractivity contribution in [3.63, 3.8) is 0 Å². The fourth-order valence-corrected chi connectivity index (χ4v) is 1.89. The lowest BCUT2D eigenvalue weighted by molar-refractivity contribution is 0.622. The van der Waals surface area contributed by atoms with E-state index in [2.05, 4.69) is 20.9 Å². The molecule has 0 aliphatic rings. The lowest BCUT2D eigenvalue weighted by atomic mass is 10.2. The Kier molecular flexibility index (Phi) is 2.73. The van der Waals surface area contributed by atoms with Gasteiger partial charge in [-0.15, -0.1) is 0 Å². The summed E-state index contributed by atoms with van der Waals surface area (Å²) in [6, 6.07) is 4.77. The summed E-state index contributed by atoms with van der Waals surface area (Å²) in [6.07, 6.45) is 3.33. The summed E-state index contributed by atoms with van der Waals surface area (Å²) in [7, 11) is 0. The molecule has 0 radical (unpaired) electrons. The zero-order valence-electron chi connectivity index (χ0n) is 7.82. The van der Waals surface area contributed by atoms with E-state index >= 15 is 0 Å². The van der Waals surface area contributed by atoms with Crippen LogP contribution in [-0.2, 0) is 6.54 Å². The maximum Gasteiger partial charge on any atom is 0.141 e. The summed E-state index contributed by atoms with van der Waals surface area (Å²) in [6.45, 7) is 0.556. The Bertz CT molecular complexity index is 461. The Morgan fingerprint density at radius 1 is 1.40 bits per heavy atom. The molecule has 78 valence electrons. The van der Waals surface area contributed by atoms with Gasteiger partial charge in [-0.3, -0.25) is 0 Å². The Hall–Kier alpha value is -1.36. The minimum Gasteiger partial charge on any atom is -0.382 e. The third-order valence-corrected chi connectivity index (χ3v) is 2.40. The summed E-state index contributed by atoms with van der Waals surface area (Å²) in [5.74, 6) is 0.206. The summed E-state index contributed by atoms with van der Waals surface area (Å²) < 4.78 is 15.6. The normalized spacial score (nSPS) is 10.5. The van der Waals surface area contributed by atoms with Gasteiger partial charge in [-0.1, -0.05) is 15.9 Å². The highest BCUT2D eigenvalue weighted by atomic mass is 79.9. The van der Waals surface area contributed by atoms with Crippen LogP contribution in [0.4, 0.5) is 10.2 Å². The molecule has 0 aliphatic carbocycles. The predicted molar refractivity (Wildman–Crippen MR) is 59.8 cm³/mol. The molecule has 0 bridgehead atoms. The second-order valence-electron chi connectivity index (χ2n) is 3.25. The molecule has 2 aromatic rings. The SMILES string of the molecule is Nc1cn(Cc2cc(F)cc(Br)c2)cn1. The lowest BCUT2D eigenvalue weighted by Gasteiger charge is -2.03. The molecule has 1 aromatic heterocycles. The molecular formula is C10H9BrFN3. The Morgan fingerprint density at radius 3 is 2.80 bits per heavy atom. The molecule has 0 amide bonds. The molecule has 0 unspecified atom stereocenters. The summed E-state index contributed by atoms with van der Waals surface area (Å²) in [4.78, 5) is 3.89. The molecule has 2 N–H and O–H groups in total. The van der Waals surface area contributed by atoms with Gasteiger partial charge >= 0.3 is 0 Å². The topological polar surface area (TPSA) is 43.8 Å². The summed E-state index contributed by atoms with van der Waals surface area (Å²) in [5.41, 5.74) is 6.34. The van der Waals surface area contributed by atoms with E-state index in [9.17, 15) is 4.39 Å². The molecule has 1 aromatic carbocycles. The molecule has 2 rings (SSSR count). The van der Waals surface area contributed by atoms with Gasteiger partial charge in [0.2, 0.25) is 0 Å². The van der Waals surface area contributed by atoms with E-state index in [1.165, 1.54) is 12.1 Å². The number of halogens is 2. The van der Waals surface area contributed by atoms with Crippen LogP contribution < -0.4 is 5.73 Å². The van der Waals surface area contributed by atoms with Gasteiger partial charge in [0, 0.05) is 17.2 Å². The van der Waals surface area contributed by atoms with Gasteiger partial charge in [-0.05, 0) is 23.8 Å². The third-order valence-electron chi connectivity index (χ3n) is 1.94. The monoisotopic (exact) mass is 269 g/mol. The fraction of sp³-hybridized carbons (Fsp3) is 0.100. The van der Waals surface area contributed by atoms with Gasteiger partial charge in [0.15, 0.2) is 0 Å². The average Bonchev–Trinajstić information content (AvgIpc) is 2.49. The minimum absolute atomic E-state index is 0.257. The van der Waals surface area contributed by atoms with Crippen LogP contribution in [0.1, 0.15) is 5.56 Å². The first kappa shape index (κ1) is 10.2. The van der Waals surface area contributed by atoms with E-state index in [-0.39, 0.29) is 5.82 Å². The van der Waals surface area contributed by atoms with Crippen molar-refractivity contribution in [1.29, 1.82) is 0 Å².